The fraction of sp³-hybridized carbons (Fsp3) is 0.800. The van der Waals surface area contributed by atoms with Crippen LogP contribution in [0.4, 0.5) is 0 Å². The van der Waals surface area contributed by atoms with E-state index in [1.165, 1.54) is 0 Å². The first-order valence-corrected chi connectivity index (χ1v) is 3.15. The minimum Gasteiger partial charge on any atom is -0.462 e. The van der Waals surface area contributed by atoms with Crippen molar-refractivity contribution in [2.24, 2.45) is 0 Å². The zero-order valence-electron chi connectivity index (χ0n) is 5.20. The zero-order chi connectivity index (χ0) is 7.28. The quantitative estimate of drug-likeness (QED) is 0.434. The maximum absolute atomic E-state index is 10.5. The Morgan fingerprint density at radius 3 is 2.78 bits per heavy atom. The molecule has 0 bridgehead atoms. The lowest BCUT2D eigenvalue weighted by Gasteiger charge is -2.02. The molecule has 0 spiro atoms. The van der Waals surface area contributed by atoms with E-state index in [1.54, 1.807) is 6.92 Å². The molecule has 0 aliphatic heterocycles. The van der Waals surface area contributed by atoms with E-state index in [0.29, 0.717) is 0 Å². The second kappa shape index (κ2) is 4.64. The number of carbonyl (C=O) groups is 1. The van der Waals surface area contributed by atoms with E-state index < -0.39 is 11.2 Å². The van der Waals surface area contributed by atoms with Crippen LogP contribution in [0.2, 0.25) is 0 Å². The summed E-state index contributed by atoms with van der Waals surface area (Å²) in [6, 6.07) is 0. The number of hydrogen-bond donors (Lipinski definition) is 2. The standard InChI is InChI=1S/C5H10O3S/c1-4(9)5(7)8-3-2-6/h4,6,9H,2-3H2,1H3. The lowest BCUT2D eigenvalue weighted by molar-refractivity contribution is -0.143. The Labute approximate surface area is 59.4 Å². The third-order valence-corrected chi connectivity index (χ3v) is 0.888. The van der Waals surface area contributed by atoms with Gasteiger partial charge in [0, 0.05) is 0 Å². The largest absolute Gasteiger partial charge is 0.462 e. The number of ether oxygens (including phenoxy) is 1. The van der Waals surface area contributed by atoms with Gasteiger partial charge in [0.05, 0.1) is 11.9 Å². The Kier molecular flexibility index (Phi) is 4.53. The normalized spacial score (nSPS) is 12.8. The molecule has 9 heavy (non-hydrogen) atoms. The predicted molar refractivity (Wildman–Crippen MR) is 36.5 cm³/mol. The molecule has 0 amide bonds. The first-order valence-electron chi connectivity index (χ1n) is 2.64. The van der Waals surface area contributed by atoms with Gasteiger partial charge in [-0.05, 0) is 6.92 Å². The molecule has 4 heteroatoms. The van der Waals surface area contributed by atoms with Gasteiger partial charge in [-0.15, -0.1) is 0 Å². The summed E-state index contributed by atoms with van der Waals surface area (Å²) < 4.78 is 4.49. The molecule has 0 saturated carbocycles. The number of thiol groups is 1. The molecule has 0 aromatic rings. The van der Waals surface area contributed by atoms with E-state index in [2.05, 4.69) is 17.4 Å². The molecule has 0 rings (SSSR count). The zero-order valence-corrected chi connectivity index (χ0v) is 6.10. The van der Waals surface area contributed by atoms with Crippen LogP contribution in [0.3, 0.4) is 0 Å². The summed E-state index contributed by atoms with van der Waals surface area (Å²) in [7, 11) is 0. The highest BCUT2D eigenvalue weighted by atomic mass is 32.1. The van der Waals surface area contributed by atoms with Crippen molar-refractivity contribution in [2.75, 3.05) is 13.2 Å². The molecule has 0 aliphatic carbocycles. The van der Waals surface area contributed by atoms with Crippen LogP contribution in [0.1, 0.15) is 6.92 Å². The van der Waals surface area contributed by atoms with E-state index >= 15 is 0 Å². The topological polar surface area (TPSA) is 46.5 Å². The van der Waals surface area contributed by atoms with E-state index in [1.807, 2.05) is 0 Å². The van der Waals surface area contributed by atoms with Crippen molar-refractivity contribution in [3.63, 3.8) is 0 Å². The summed E-state index contributed by atoms with van der Waals surface area (Å²) >= 11 is 3.81. The first kappa shape index (κ1) is 8.78. The van der Waals surface area contributed by atoms with Crippen LogP contribution in [0.5, 0.6) is 0 Å². The van der Waals surface area contributed by atoms with E-state index in [9.17, 15) is 4.79 Å². The smallest absolute Gasteiger partial charge is 0.318 e. The number of rotatable bonds is 3. The lowest BCUT2D eigenvalue weighted by atomic mass is 10.5. The molecular formula is C5H10O3S. The van der Waals surface area contributed by atoms with Gasteiger partial charge in [-0.2, -0.15) is 12.6 Å². The number of hydrogen-bond acceptors (Lipinski definition) is 4. The molecule has 1 atom stereocenters. The minimum absolute atomic E-state index is 0.0593. The van der Waals surface area contributed by atoms with E-state index in [-0.39, 0.29) is 13.2 Å². The van der Waals surface area contributed by atoms with E-state index in [0.717, 1.165) is 0 Å². The van der Waals surface area contributed by atoms with Crippen LogP contribution in [0.15, 0.2) is 0 Å². The maximum atomic E-state index is 10.5. The second-order valence-electron chi connectivity index (χ2n) is 1.57. The molecule has 0 heterocycles. The van der Waals surface area contributed by atoms with Crippen molar-refractivity contribution in [1.82, 2.24) is 0 Å². The van der Waals surface area contributed by atoms with E-state index in [4.69, 9.17) is 5.11 Å². The Hall–Kier alpha value is -0.220. The molecule has 54 valence electrons. The molecule has 0 aliphatic rings. The third kappa shape index (κ3) is 4.29. The fourth-order valence-electron chi connectivity index (χ4n) is 0.267. The molecule has 0 fully saturated rings. The van der Waals surface area contributed by atoms with Crippen LogP contribution < -0.4 is 0 Å². The van der Waals surface area contributed by atoms with Crippen LogP contribution in [0, 0.1) is 0 Å². The summed E-state index contributed by atoms with van der Waals surface area (Å²) in [5, 5.41) is 7.79. The van der Waals surface area contributed by atoms with Gasteiger partial charge in [0.25, 0.3) is 0 Å². The Morgan fingerprint density at radius 1 is 1.89 bits per heavy atom. The number of aliphatic hydroxyl groups excluding tert-OH is 1. The monoisotopic (exact) mass is 150 g/mol. The van der Waals surface area contributed by atoms with Crippen LogP contribution >= 0.6 is 12.6 Å². The van der Waals surface area contributed by atoms with Crippen molar-refractivity contribution < 1.29 is 14.6 Å². The first-order chi connectivity index (χ1) is 4.18. The van der Waals surface area contributed by atoms with Gasteiger partial charge >= 0.3 is 5.97 Å². The Morgan fingerprint density at radius 2 is 2.44 bits per heavy atom. The van der Waals surface area contributed by atoms with Gasteiger partial charge in [0.2, 0.25) is 0 Å². The van der Waals surface area contributed by atoms with Crippen LogP contribution in [-0.4, -0.2) is 29.5 Å². The van der Waals surface area contributed by atoms with Crippen molar-refractivity contribution in [3.05, 3.63) is 0 Å². The molecule has 3 nitrogen and oxygen atoms in total. The van der Waals surface area contributed by atoms with Crippen molar-refractivity contribution >= 4 is 18.6 Å². The van der Waals surface area contributed by atoms with Crippen molar-refractivity contribution in [3.8, 4) is 0 Å². The summed E-state index contributed by atoms with van der Waals surface area (Å²) in [4.78, 5) is 10.5. The van der Waals surface area contributed by atoms with Crippen molar-refractivity contribution in [1.29, 1.82) is 0 Å². The summed E-state index contributed by atoms with van der Waals surface area (Å²) in [6.07, 6.45) is 0. The molecule has 0 aromatic heterocycles. The number of carbonyl (C=O) groups excluding carboxylic acids is 1. The molecule has 1 N–H and O–H groups in total. The second-order valence-corrected chi connectivity index (χ2v) is 2.34. The highest BCUT2D eigenvalue weighted by Crippen LogP contribution is 1.94. The van der Waals surface area contributed by atoms with Crippen LogP contribution in [0.25, 0.3) is 0 Å². The molecular weight excluding hydrogens is 140 g/mol. The average molecular weight is 150 g/mol. The van der Waals surface area contributed by atoms with Crippen molar-refractivity contribution in [2.45, 2.75) is 12.2 Å². The molecule has 1 unspecified atom stereocenters. The average Bonchev–Trinajstić information content (AvgIpc) is 1.82. The summed E-state index contributed by atoms with van der Waals surface area (Å²) in [6.45, 7) is 1.54. The highest BCUT2D eigenvalue weighted by molar-refractivity contribution is 7.81. The van der Waals surface area contributed by atoms with Gasteiger partial charge in [-0.1, -0.05) is 0 Å². The van der Waals surface area contributed by atoms with Crippen LogP contribution in [-0.2, 0) is 9.53 Å². The number of aliphatic hydroxyl groups is 1. The molecule has 0 radical (unpaired) electrons. The maximum Gasteiger partial charge on any atom is 0.318 e. The Bertz CT molecular complexity index is 92.2. The minimum atomic E-state index is -0.406. The van der Waals surface area contributed by atoms with Gasteiger partial charge in [0.15, 0.2) is 0 Å². The SMILES string of the molecule is CC(S)C(=O)OCCO. The predicted octanol–water partition coefficient (Wildman–Crippen LogP) is -0.160. The summed E-state index contributed by atoms with van der Waals surface area (Å²) in [5.74, 6) is -0.396. The van der Waals surface area contributed by atoms with Gasteiger partial charge in [-0.25, -0.2) is 0 Å². The van der Waals surface area contributed by atoms with Gasteiger partial charge in [-0.3, -0.25) is 4.79 Å². The lowest BCUT2D eigenvalue weighted by Crippen LogP contribution is -2.16. The van der Waals surface area contributed by atoms with Gasteiger partial charge < -0.3 is 9.84 Å². The molecule has 0 saturated heterocycles. The molecule has 0 aromatic carbocycles. The highest BCUT2D eigenvalue weighted by Gasteiger charge is 2.07. The third-order valence-electron chi connectivity index (χ3n) is 0.677. The van der Waals surface area contributed by atoms with Gasteiger partial charge in [0.1, 0.15) is 6.61 Å². The summed E-state index contributed by atoms with van der Waals surface area (Å²) in [5.41, 5.74) is 0. The fourth-order valence-corrected chi connectivity index (χ4v) is 0.341. The Balaban J connectivity index is 3.28. The number of esters is 1.